The Morgan fingerprint density at radius 1 is 1.10 bits per heavy atom. The summed E-state index contributed by atoms with van der Waals surface area (Å²) in [5, 5.41) is 14.6. The van der Waals surface area contributed by atoms with Gasteiger partial charge in [0.2, 0.25) is 0 Å². The van der Waals surface area contributed by atoms with Crippen molar-refractivity contribution in [2.75, 3.05) is 6.61 Å². The van der Waals surface area contributed by atoms with Crippen LogP contribution in [0.3, 0.4) is 0 Å². The third kappa shape index (κ3) is 3.64. The summed E-state index contributed by atoms with van der Waals surface area (Å²) in [4.78, 5) is 0.999. The molecule has 21 heavy (non-hydrogen) atoms. The van der Waals surface area contributed by atoms with Crippen LogP contribution in [0.2, 0.25) is 0 Å². The van der Waals surface area contributed by atoms with E-state index in [4.69, 9.17) is 0 Å². The molecule has 0 fully saturated rings. The first kappa shape index (κ1) is 16.0. The molecule has 0 saturated heterocycles. The average molecular weight is 315 g/mol. The van der Waals surface area contributed by atoms with Gasteiger partial charge in [-0.1, -0.05) is 24.3 Å². The van der Waals surface area contributed by atoms with E-state index in [1.54, 1.807) is 13.0 Å². The Labute approximate surface area is 125 Å². The Morgan fingerprint density at radius 2 is 1.76 bits per heavy atom. The van der Waals surface area contributed by atoms with Gasteiger partial charge in [-0.3, -0.25) is 0 Å². The molecule has 2 N–H and O–H groups in total. The van der Waals surface area contributed by atoms with Gasteiger partial charge in [0.05, 0.1) is 17.7 Å². The highest BCUT2D eigenvalue weighted by Crippen LogP contribution is 2.36. The average Bonchev–Trinajstić information content (AvgIpc) is 2.97. The fraction of sp³-hybridized carbons (Fsp3) is 0.333. The van der Waals surface area contributed by atoms with Gasteiger partial charge in [-0.25, -0.2) is 0 Å². The van der Waals surface area contributed by atoms with Crippen molar-refractivity contribution < 1.29 is 18.3 Å². The lowest BCUT2D eigenvalue weighted by Gasteiger charge is -2.31. The van der Waals surface area contributed by atoms with Gasteiger partial charge < -0.3 is 10.4 Å². The van der Waals surface area contributed by atoms with E-state index < -0.39 is 23.9 Å². The molecule has 0 radical (unpaired) electrons. The van der Waals surface area contributed by atoms with Gasteiger partial charge in [0.1, 0.15) is 0 Å². The molecule has 0 aliphatic carbocycles. The zero-order valence-corrected chi connectivity index (χ0v) is 12.3. The Balaban J connectivity index is 2.31. The molecule has 1 heterocycles. The minimum atomic E-state index is -4.45. The molecule has 0 aliphatic rings. The number of aliphatic hydroxyl groups excluding tert-OH is 1. The van der Waals surface area contributed by atoms with Gasteiger partial charge in [0.15, 0.2) is 0 Å². The molecule has 6 heteroatoms. The van der Waals surface area contributed by atoms with Gasteiger partial charge in [0, 0.05) is 11.4 Å². The first-order chi connectivity index (χ1) is 9.87. The SMILES string of the molecule is CC(CO)(NCc1cccs1)c1ccccc1C(F)(F)F. The van der Waals surface area contributed by atoms with E-state index in [9.17, 15) is 18.3 Å². The van der Waals surface area contributed by atoms with Crippen LogP contribution in [0, 0.1) is 0 Å². The molecule has 0 bridgehead atoms. The van der Waals surface area contributed by atoms with Gasteiger partial charge >= 0.3 is 6.18 Å². The summed E-state index contributed by atoms with van der Waals surface area (Å²) in [5.74, 6) is 0. The highest BCUT2D eigenvalue weighted by atomic mass is 32.1. The molecule has 1 aromatic carbocycles. The second-order valence-corrected chi connectivity index (χ2v) is 6.00. The second-order valence-electron chi connectivity index (χ2n) is 4.97. The molecule has 0 spiro atoms. The molecule has 0 aliphatic heterocycles. The number of nitrogens with one attached hydrogen (secondary N) is 1. The van der Waals surface area contributed by atoms with Crippen LogP contribution in [0.1, 0.15) is 22.9 Å². The van der Waals surface area contributed by atoms with E-state index in [1.165, 1.54) is 23.5 Å². The van der Waals surface area contributed by atoms with E-state index in [0.717, 1.165) is 10.9 Å². The number of hydrogen-bond acceptors (Lipinski definition) is 3. The lowest BCUT2D eigenvalue weighted by Crippen LogP contribution is -2.43. The summed E-state index contributed by atoms with van der Waals surface area (Å²) in [7, 11) is 0. The first-order valence-electron chi connectivity index (χ1n) is 6.42. The number of rotatable bonds is 5. The quantitative estimate of drug-likeness (QED) is 0.880. The number of halogens is 3. The Bertz CT molecular complexity index is 583. The topological polar surface area (TPSA) is 32.3 Å². The molecule has 2 aromatic rings. The van der Waals surface area contributed by atoms with Crippen LogP contribution in [-0.4, -0.2) is 11.7 Å². The van der Waals surface area contributed by atoms with E-state index in [1.807, 2.05) is 17.5 Å². The monoisotopic (exact) mass is 315 g/mol. The fourth-order valence-electron chi connectivity index (χ4n) is 2.14. The molecular weight excluding hydrogens is 299 g/mol. The lowest BCUT2D eigenvalue weighted by molar-refractivity contribution is -0.139. The second kappa shape index (κ2) is 6.17. The third-order valence-electron chi connectivity index (χ3n) is 3.38. The fourth-order valence-corrected chi connectivity index (χ4v) is 2.79. The van der Waals surface area contributed by atoms with Crippen LogP contribution >= 0.6 is 11.3 Å². The predicted molar refractivity (Wildman–Crippen MR) is 77.0 cm³/mol. The number of thiophene rings is 1. The van der Waals surface area contributed by atoms with Crippen molar-refractivity contribution in [3.63, 3.8) is 0 Å². The van der Waals surface area contributed by atoms with Gasteiger partial charge in [0.25, 0.3) is 0 Å². The van der Waals surface area contributed by atoms with Crippen LogP contribution in [-0.2, 0) is 18.3 Å². The summed E-state index contributed by atoms with van der Waals surface area (Å²) in [6.45, 7) is 1.55. The zero-order chi connectivity index (χ0) is 15.5. The van der Waals surface area contributed by atoms with Gasteiger partial charge in [-0.2, -0.15) is 13.2 Å². The molecule has 2 nitrogen and oxygen atoms in total. The maximum atomic E-state index is 13.1. The molecule has 1 aromatic heterocycles. The van der Waals surface area contributed by atoms with Crippen LogP contribution in [0.4, 0.5) is 13.2 Å². The molecule has 0 amide bonds. The highest BCUT2D eigenvalue weighted by Gasteiger charge is 2.38. The highest BCUT2D eigenvalue weighted by molar-refractivity contribution is 7.09. The summed E-state index contributed by atoms with van der Waals surface area (Å²) in [5.41, 5.74) is -1.83. The third-order valence-corrected chi connectivity index (χ3v) is 4.25. The van der Waals surface area contributed by atoms with Crippen molar-refractivity contribution in [1.82, 2.24) is 5.32 Å². The normalized spacial score (nSPS) is 14.9. The maximum Gasteiger partial charge on any atom is 0.416 e. The molecule has 1 unspecified atom stereocenters. The maximum absolute atomic E-state index is 13.1. The number of benzene rings is 1. The largest absolute Gasteiger partial charge is 0.416 e. The van der Waals surface area contributed by atoms with E-state index in [2.05, 4.69) is 5.32 Å². The lowest BCUT2D eigenvalue weighted by atomic mass is 9.88. The molecule has 1 atom stereocenters. The zero-order valence-electron chi connectivity index (χ0n) is 11.4. The Kier molecular flexibility index (Phi) is 4.70. The van der Waals surface area contributed by atoms with Crippen molar-refractivity contribution >= 4 is 11.3 Å². The summed E-state index contributed by atoms with van der Waals surface area (Å²) in [6, 6.07) is 9.11. The summed E-state index contributed by atoms with van der Waals surface area (Å²) in [6.07, 6.45) is -4.45. The molecule has 0 saturated carbocycles. The number of aliphatic hydroxyl groups is 1. The van der Waals surface area contributed by atoms with Crippen LogP contribution in [0.5, 0.6) is 0 Å². The number of hydrogen-bond donors (Lipinski definition) is 2. The minimum Gasteiger partial charge on any atom is -0.394 e. The van der Waals surface area contributed by atoms with Crippen molar-refractivity contribution in [1.29, 1.82) is 0 Å². The standard InChI is InChI=1S/C15H16F3NOS/c1-14(10-20,19-9-11-5-4-8-21-11)12-6-2-3-7-13(12)15(16,17)18/h2-8,19-20H,9-10H2,1H3. The molecule has 114 valence electrons. The summed E-state index contributed by atoms with van der Waals surface area (Å²) >= 11 is 1.51. The summed E-state index contributed by atoms with van der Waals surface area (Å²) < 4.78 is 39.4. The minimum absolute atomic E-state index is 0.0524. The predicted octanol–water partition coefficient (Wildman–Crippen LogP) is 3.76. The van der Waals surface area contributed by atoms with E-state index in [0.29, 0.717) is 6.54 Å². The molecular formula is C15H16F3NOS. The van der Waals surface area contributed by atoms with Crippen LogP contribution in [0.25, 0.3) is 0 Å². The van der Waals surface area contributed by atoms with Gasteiger partial charge in [-0.05, 0) is 30.0 Å². The van der Waals surface area contributed by atoms with E-state index >= 15 is 0 Å². The van der Waals surface area contributed by atoms with Crippen molar-refractivity contribution in [3.8, 4) is 0 Å². The number of alkyl halides is 3. The molecule has 2 rings (SSSR count). The smallest absolute Gasteiger partial charge is 0.394 e. The first-order valence-corrected chi connectivity index (χ1v) is 7.30. The van der Waals surface area contributed by atoms with E-state index in [-0.39, 0.29) is 5.56 Å². The van der Waals surface area contributed by atoms with Gasteiger partial charge in [-0.15, -0.1) is 11.3 Å². The van der Waals surface area contributed by atoms with Crippen LogP contribution < -0.4 is 5.32 Å². The van der Waals surface area contributed by atoms with Crippen molar-refractivity contribution in [2.24, 2.45) is 0 Å². The van der Waals surface area contributed by atoms with Crippen molar-refractivity contribution in [3.05, 3.63) is 57.8 Å². The Hall–Kier alpha value is -1.37. The Morgan fingerprint density at radius 3 is 2.29 bits per heavy atom. The van der Waals surface area contributed by atoms with Crippen LogP contribution in [0.15, 0.2) is 41.8 Å². The van der Waals surface area contributed by atoms with Crippen molar-refractivity contribution in [2.45, 2.75) is 25.2 Å².